The van der Waals surface area contributed by atoms with Crippen LogP contribution >= 0.6 is 0 Å². The molecule has 1 aromatic carbocycles. The van der Waals surface area contributed by atoms with Crippen LogP contribution in [0.2, 0.25) is 0 Å². The van der Waals surface area contributed by atoms with E-state index in [1.165, 1.54) is 24.8 Å². The second kappa shape index (κ2) is 14.2. The van der Waals surface area contributed by atoms with Crippen LogP contribution < -0.4 is 0 Å². The summed E-state index contributed by atoms with van der Waals surface area (Å²) < 4.78 is 0. The zero-order chi connectivity index (χ0) is 16.2. The quantitative estimate of drug-likeness (QED) is 0.580. The molecule has 1 heteroatoms. The summed E-state index contributed by atoms with van der Waals surface area (Å²) in [7, 11) is 0. The van der Waals surface area contributed by atoms with Crippen LogP contribution in [0.3, 0.4) is 0 Å². The van der Waals surface area contributed by atoms with Gasteiger partial charge in [-0.1, -0.05) is 31.2 Å². The monoisotopic (exact) mass is 392 g/mol. The van der Waals surface area contributed by atoms with Crippen molar-refractivity contribution in [1.29, 1.82) is 0 Å². The molecule has 0 saturated heterocycles. The van der Waals surface area contributed by atoms with E-state index < -0.39 is 0 Å². The van der Waals surface area contributed by atoms with Crippen LogP contribution in [0.1, 0.15) is 24.8 Å². The minimum absolute atomic E-state index is 0. The molecule has 1 aromatic rings. The molecule has 10 radical (unpaired) electrons. The third kappa shape index (κ3) is 9.45. The molecule has 3 fully saturated rings. The molecule has 3 aliphatic carbocycles. The first-order chi connectivity index (χ1) is 11.4. The zero-order valence-electron chi connectivity index (χ0n) is 14.2. The van der Waals surface area contributed by atoms with Crippen molar-refractivity contribution in [2.75, 3.05) is 0 Å². The molecule has 2 atom stereocenters. The first-order valence-corrected chi connectivity index (χ1v) is 8.42. The van der Waals surface area contributed by atoms with E-state index in [2.05, 4.69) is 43.7 Å². The van der Waals surface area contributed by atoms with Gasteiger partial charge in [0.05, 0.1) is 0 Å². The van der Waals surface area contributed by atoms with Crippen molar-refractivity contribution in [3.05, 3.63) is 113 Å². The predicted octanol–water partition coefficient (Wildman–Crippen LogP) is 5.53. The van der Waals surface area contributed by atoms with Gasteiger partial charge < -0.3 is 6.92 Å². The third-order valence-corrected chi connectivity index (χ3v) is 4.04. The fourth-order valence-electron chi connectivity index (χ4n) is 2.74. The SMILES string of the molecule is [CH2-][C@H]1CCC[C@@H]1[CH-]c1ccccc1.[CH]1[CH][CH][CH][CH]1.[CH]1[CH][CH][CH][CH]1.[Zr+2]. The van der Waals surface area contributed by atoms with Gasteiger partial charge in [-0.2, -0.15) is 30.0 Å². The van der Waals surface area contributed by atoms with Gasteiger partial charge in [0.1, 0.15) is 0 Å². The normalized spacial score (nSPS) is 24.9. The van der Waals surface area contributed by atoms with E-state index in [4.69, 9.17) is 0 Å². The van der Waals surface area contributed by atoms with Gasteiger partial charge in [0.25, 0.3) is 0 Å². The molecular formula is C23H26Zr. The Morgan fingerprint density at radius 1 is 0.708 bits per heavy atom. The topological polar surface area (TPSA) is 0 Å². The molecule has 0 unspecified atom stereocenters. The van der Waals surface area contributed by atoms with Gasteiger partial charge in [-0.05, 0) is 64.2 Å². The predicted molar refractivity (Wildman–Crippen MR) is 99.0 cm³/mol. The Morgan fingerprint density at radius 3 is 1.54 bits per heavy atom. The molecule has 3 aliphatic rings. The van der Waals surface area contributed by atoms with Gasteiger partial charge in [-0.3, -0.25) is 0 Å². The van der Waals surface area contributed by atoms with Crippen molar-refractivity contribution in [2.45, 2.75) is 19.3 Å². The van der Waals surface area contributed by atoms with Crippen LogP contribution in [0.25, 0.3) is 0 Å². The molecule has 0 nitrogen and oxygen atoms in total. The fraction of sp³-hybridized carbons (Fsp3) is 0.217. The number of hydrogen-bond acceptors (Lipinski definition) is 0. The number of hydrogen-bond donors (Lipinski definition) is 0. The molecule has 0 spiro atoms. The van der Waals surface area contributed by atoms with Crippen LogP contribution in [0, 0.1) is 89.4 Å². The van der Waals surface area contributed by atoms with Crippen LogP contribution in [0.5, 0.6) is 0 Å². The van der Waals surface area contributed by atoms with Crippen LogP contribution in [0.4, 0.5) is 0 Å². The standard InChI is InChI=1S/C13H16.2C5H5.Zr/c1-11-6-5-9-13(11)10-12-7-3-2-4-8-12;2*1-2-4-5-3-1;/h2-4,7-8,10-11,13H,1,5-6,9H2;2*1-5H;/q-2;;;+2/t11-,13+;;;/m0.../s1. The molecule has 24 heavy (non-hydrogen) atoms. The molecule has 3 saturated carbocycles. The Balaban J connectivity index is 0.000000216. The molecule has 0 aliphatic heterocycles. The van der Waals surface area contributed by atoms with E-state index >= 15 is 0 Å². The maximum absolute atomic E-state index is 4.18. The number of rotatable bonds is 2. The van der Waals surface area contributed by atoms with Crippen LogP contribution in [0.15, 0.2) is 30.3 Å². The van der Waals surface area contributed by atoms with Gasteiger partial charge in [0.15, 0.2) is 0 Å². The summed E-state index contributed by atoms with van der Waals surface area (Å²) >= 11 is 0. The van der Waals surface area contributed by atoms with Crippen LogP contribution in [-0.4, -0.2) is 0 Å². The Morgan fingerprint density at radius 2 is 1.17 bits per heavy atom. The zero-order valence-corrected chi connectivity index (χ0v) is 16.7. The van der Waals surface area contributed by atoms with Gasteiger partial charge in [-0.25, -0.2) is 0 Å². The Bertz CT molecular complexity index is 353. The molecule has 0 heterocycles. The van der Waals surface area contributed by atoms with Gasteiger partial charge in [0, 0.05) is 0 Å². The van der Waals surface area contributed by atoms with Gasteiger partial charge in [0.2, 0.25) is 0 Å². The Labute approximate surface area is 170 Å². The van der Waals surface area contributed by atoms with Crippen molar-refractivity contribution in [2.24, 2.45) is 11.8 Å². The summed E-state index contributed by atoms with van der Waals surface area (Å²) in [5.74, 6) is 1.35. The van der Waals surface area contributed by atoms with E-state index in [1.54, 1.807) is 0 Å². The first-order valence-electron chi connectivity index (χ1n) is 8.42. The molecule has 0 N–H and O–H groups in total. The van der Waals surface area contributed by atoms with Crippen molar-refractivity contribution in [1.82, 2.24) is 0 Å². The summed E-state index contributed by atoms with van der Waals surface area (Å²) in [6.07, 6.45) is 26.4. The van der Waals surface area contributed by atoms with Crippen molar-refractivity contribution >= 4 is 0 Å². The molecular weight excluding hydrogens is 367 g/mol. The Kier molecular flexibility index (Phi) is 13.0. The van der Waals surface area contributed by atoms with E-state index in [9.17, 15) is 0 Å². The third-order valence-electron chi connectivity index (χ3n) is 4.04. The summed E-state index contributed by atoms with van der Waals surface area (Å²) in [5.41, 5.74) is 1.35. The van der Waals surface area contributed by atoms with Gasteiger partial charge >= 0.3 is 26.2 Å². The average molecular weight is 394 g/mol. The maximum Gasteiger partial charge on any atom is 2.00 e. The van der Waals surface area contributed by atoms with E-state index in [1.807, 2.05) is 64.2 Å². The molecule has 0 aromatic heterocycles. The van der Waals surface area contributed by atoms with Crippen LogP contribution in [-0.2, 0) is 26.2 Å². The van der Waals surface area contributed by atoms with E-state index in [-0.39, 0.29) is 26.2 Å². The van der Waals surface area contributed by atoms with Crippen molar-refractivity contribution < 1.29 is 26.2 Å². The van der Waals surface area contributed by atoms with Gasteiger partial charge in [-0.15, -0.1) is 12.1 Å². The minimum Gasteiger partial charge on any atom is -0.341 e. The first kappa shape index (κ1) is 22.0. The van der Waals surface area contributed by atoms with Crippen molar-refractivity contribution in [3.8, 4) is 0 Å². The fourth-order valence-corrected chi connectivity index (χ4v) is 2.74. The molecule has 0 amide bonds. The summed E-state index contributed by atoms with van der Waals surface area (Å²) in [6.45, 7) is 4.18. The summed E-state index contributed by atoms with van der Waals surface area (Å²) in [5, 5.41) is 0. The molecule has 122 valence electrons. The van der Waals surface area contributed by atoms with E-state index in [0.717, 1.165) is 0 Å². The second-order valence-electron chi connectivity index (χ2n) is 5.86. The molecule has 4 rings (SSSR count). The number of benzene rings is 1. The summed E-state index contributed by atoms with van der Waals surface area (Å²) in [4.78, 5) is 0. The average Bonchev–Trinajstić information content (AvgIpc) is 3.36. The second-order valence-corrected chi connectivity index (χ2v) is 5.86. The van der Waals surface area contributed by atoms with E-state index in [0.29, 0.717) is 11.8 Å². The minimum atomic E-state index is 0. The van der Waals surface area contributed by atoms with Crippen molar-refractivity contribution in [3.63, 3.8) is 0 Å². The summed E-state index contributed by atoms with van der Waals surface area (Å²) in [6, 6.07) is 10.6. The Hall–Kier alpha value is -0.0269. The largest absolute Gasteiger partial charge is 2.00 e. The smallest absolute Gasteiger partial charge is 0.341 e. The molecule has 0 bridgehead atoms. The maximum atomic E-state index is 4.18.